The van der Waals surface area contributed by atoms with E-state index in [9.17, 15) is 9.59 Å². The second-order valence-corrected chi connectivity index (χ2v) is 10.5. The summed E-state index contributed by atoms with van der Waals surface area (Å²) in [6.07, 6.45) is 6.48. The lowest BCUT2D eigenvalue weighted by molar-refractivity contribution is -0.116. The SMILES string of the molecule is O=C(/C=C1/c2ccccc2N(C(=O)c2ccc(N3CCCCCC3)cc2Cl)CCC1(F)F)NCc1ccccn1. The molecule has 0 aliphatic carbocycles. The van der Waals surface area contributed by atoms with Crippen molar-refractivity contribution in [2.75, 3.05) is 29.4 Å². The molecule has 2 aromatic carbocycles. The van der Waals surface area contributed by atoms with E-state index < -0.39 is 29.7 Å². The number of alkyl halides is 2. The number of anilines is 2. The fraction of sp³-hybridized carbons (Fsp3) is 0.323. The minimum absolute atomic E-state index is 0.104. The highest BCUT2D eigenvalue weighted by atomic mass is 35.5. The minimum Gasteiger partial charge on any atom is -0.371 e. The molecule has 0 atom stereocenters. The molecular formula is C31H31ClF2N4O2. The molecule has 5 rings (SSSR count). The van der Waals surface area contributed by atoms with Crippen molar-refractivity contribution in [1.29, 1.82) is 0 Å². The fourth-order valence-electron chi connectivity index (χ4n) is 5.25. The van der Waals surface area contributed by atoms with Crippen LogP contribution in [-0.2, 0) is 11.3 Å². The van der Waals surface area contributed by atoms with Crippen LogP contribution >= 0.6 is 11.6 Å². The first-order valence-corrected chi connectivity index (χ1v) is 13.9. The van der Waals surface area contributed by atoms with Gasteiger partial charge in [0.2, 0.25) is 5.91 Å². The third kappa shape index (κ3) is 6.17. The summed E-state index contributed by atoms with van der Waals surface area (Å²) in [5.74, 6) is -4.47. The highest BCUT2D eigenvalue weighted by Crippen LogP contribution is 2.43. The van der Waals surface area contributed by atoms with Crippen LogP contribution in [-0.4, -0.2) is 42.4 Å². The zero-order valence-electron chi connectivity index (χ0n) is 22.1. The number of carbonyl (C=O) groups excluding carboxylic acids is 2. The maximum absolute atomic E-state index is 15.5. The molecule has 6 nitrogen and oxygen atoms in total. The number of nitrogens with zero attached hydrogens (tertiary/aromatic N) is 3. The van der Waals surface area contributed by atoms with Gasteiger partial charge in [0.1, 0.15) is 0 Å². The molecule has 1 N–H and O–H groups in total. The summed E-state index contributed by atoms with van der Waals surface area (Å²) in [4.78, 5) is 34.2. The summed E-state index contributed by atoms with van der Waals surface area (Å²) < 4.78 is 31.0. The van der Waals surface area contributed by atoms with Gasteiger partial charge in [0, 0.05) is 55.2 Å². The van der Waals surface area contributed by atoms with Crippen LogP contribution < -0.4 is 15.1 Å². The van der Waals surface area contributed by atoms with Crippen molar-refractivity contribution in [1.82, 2.24) is 10.3 Å². The number of benzene rings is 2. The predicted octanol–water partition coefficient (Wildman–Crippen LogP) is 6.50. The number of nitrogens with one attached hydrogen (secondary N) is 1. The molecular weight excluding hydrogens is 534 g/mol. The van der Waals surface area contributed by atoms with Gasteiger partial charge >= 0.3 is 0 Å². The second-order valence-electron chi connectivity index (χ2n) is 10.1. The van der Waals surface area contributed by atoms with Crippen molar-refractivity contribution >= 4 is 40.4 Å². The largest absolute Gasteiger partial charge is 0.371 e. The molecule has 2 amide bonds. The van der Waals surface area contributed by atoms with Crippen molar-refractivity contribution in [3.63, 3.8) is 0 Å². The van der Waals surface area contributed by atoms with Gasteiger partial charge in [-0.25, -0.2) is 8.78 Å². The lowest BCUT2D eigenvalue weighted by atomic mass is 9.97. The topological polar surface area (TPSA) is 65.5 Å². The van der Waals surface area contributed by atoms with Crippen molar-refractivity contribution < 1.29 is 18.4 Å². The maximum atomic E-state index is 15.5. The van der Waals surface area contributed by atoms with E-state index in [0.717, 1.165) is 37.7 Å². The molecule has 1 fully saturated rings. The van der Waals surface area contributed by atoms with Gasteiger partial charge in [0.05, 0.1) is 28.5 Å². The van der Waals surface area contributed by atoms with Crippen LogP contribution in [0.25, 0.3) is 5.57 Å². The van der Waals surface area contributed by atoms with Gasteiger partial charge in [0.25, 0.3) is 11.8 Å². The number of carbonyl (C=O) groups is 2. The molecule has 0 bridgehead atoms. The smallest absolute Gasteiger partial charge is 0.275 e. The van der Waals surface area contributed by atoms with E-state index in [-0.39, 0.29) is 29.2 Å². The number of halogens is 3. The lowest BCUT2D eigenvalue weighted by Gasteiger charge is -2.25. The van der Waals surface area contributed by atoms with Gasteiger partial charge in [-0.15, -0.1) is 0 Å². The van der Waals surface area contributed by atoms with E-state index in [2.05, 4.69) is 15.2 Å². The average molecular weight is 565 g/mol. The number of aromatic nitrogens is 1. The van der Waals surface area contributed by atoms with Gasteiger partial charge in [-0.2, -0.15) is 0 Å². The van der Waals surface area contributed by atoms with E-state index in [1.54, 1.807) is 54.7 Å². The third-order valence-electron chi connectivity index (χ3n) is 7.37. The molecule has 1 aromatic heterocycles. The Morgan fingerprint density at radius 1 is 0.975 bits per heavy atom. The van der Waals surface area contributed by atoms with E-state index in [1.165, 1.54) is 23.8 Å². The van der Waals surface area contributed by atoms with Gasteiger partial charge in [-0.1, -0.05) is 48.7 Å². The predicted molar refractivity (Wildman–Crippen MR) is 154 cm³/mol. The van der Waals surface area contributed by atoms with Crippen LogP contribution in [0.5, 0.6) is 0 Å². The summed E-state index contributed by atoms with van der Waals surface area (Å²) in [6, 6.07) is 17.0. The van der Waals surface area contributed by atoms with E-state index in [4.69, 9.17) is 11.6 Å². The number of allylic oxidation sites excluding steroid dienone is 1. The number of para-hydroxylation sites is 1. The fourth-order valence-corrected chi connectivity index (χ4v) is 5.50. The Bertz CT molecular complexity index is 1410. The summed E-state index contributed by atoms with van der Waals surface area (Å²) in [5, 5.41) is 2.91. The Morgan fingerprint density at radius 2 is 1.73 bits per heavy atom. The molecule has 2 aliphatic heterocycles. The number of amides is 2. The molecule has 208 valence electrons. The Kier molecular flexibility index (Phi) is 8.45. The Labute approximate surface area is 237 Å². The van der Waals surface area contributed by atoms with Gasteiger partial charge in [0.15, 0.2) is 0 Å². The third-order valence-corrected chi connectivity index (χ3v) is 7.69. The number of rotatable bonds is 5. The van der Waals surface area contributed by atoms with Gasteiger partial charge in [-0.3, -0.25) is 14.6 Å². The number of hydrogen-bond donors (Lipinski definition) is 1. The van der Waals surface area contributed by atoms with Crippen molar-refractivity contribution in [3.05, 3.63) is 94.8 Å². The summed E-state index contributed by atoms with van der Waals surface area (Å²) >= 11 is 6.62. The highest BCUT2D eigenvalue weighted by molar-refractivity contribution is 6.35. The molecule has 0 spiro atoms. The van der Waals surface area contributed by atoms with Crippen LogP contribution in [0.3, 0.4) is 0 Å². The second kappa shape index (κ2) is 12.2. The molecule has 40 heavy (non-hydrogen) atoms. The molecule has 9 heteroatoms. The van der Waals surface area contributed by atoms with Crippen LogP contribution in [0.2, 0.25) is 5.02 Å². The molecule has 2 aliphatic rings. The van der Waals surface area contributed by atoms with Crippen molar-refractivity contribution in [3.8, 4) is 0 Å². The summed E-state index contributed by atoms with van der Waals surface area (Å²) in [6.45, 7) is 1.73. The lowest BCUT2D eigenvalue weighted by Crippen LogP contribution is -2.33. The quantitative estimate of drug-likeness (QED) is 0.359. The first-order valence-electron chi connectivity index (χ1n) is 13.6. The van der Waals surface area contributed by atoms with Crippen LogP contribution in [0.15, 0.2) is 72.9 Å². The van der Waals surface area contributed by atoms with Gasteiger partial charge in [-0.05, 0) is 49.2 Å². The molecule has 0 unspecified atom stereocenters. The van der Waals surface area contributed by atoms with Crippen molar-refractivity contribution in [2.45, 2.75) is 44.6 Å². The first kappa shape index (κ1) is 27.8. The maximum Gasteiger partial charge on any atom is 0.275 e. The number of fused-ring (bicyclic) bond motifs is 1. The Balaban J connectivity index is 1.42. The van der Waals surface area contributed by atoms with Crippen LogP contribution in [0.1, 0.15) is 53.7 Å². The number of hydrogen-bond acceptors (Lipinski definition) is 4. The first-order chi connectivity index (χ1) is 19.3. The Hall–Kier alpha value is -3.78. The molecule has 0 saturated carbocycles. The standard InChI is InChI=1S/C31H31ClF2N4O2/c32-27-19-23(37-16-7-1-2-8-17-37)12-13-25(27)30(40)38-18-14-31(33,34)26(24-10-3-4-11-28(24)38)20-29(39)36-21-22-9-5-6-15-35-22/h3-6,9-13,15,19-20H,1-2,7-8,14,16-18,21H2,(H,36,39)/b26-20-. The highest BCUT2D eigenvalue weighted by Gasteiger charge is 2.41. The zero-order valence-corrected chi connectivity index (χ0v) is 22.8. The van der Waals surface area contributed by atoms with E-state index in [0.29, 0.717) is 11.4 Å². The van der Waals surface area contributed by atoms with Crippen molar-refractivity contribution in [2.24, 2.45) is 0 Å². The van der Waals surface area contributed by atoms with Crippen LogP contribution in [0.4, 0.5) is 20.2 Å². The Morgan fingerprint density at radius 3 is 2.45 bits per heavy atom. The summed E-state index contributed by atoms with van der Waals surface area (Å²) in [5.41, 5.74) is 1.81. The van der Waals surface area contributed by atoms with E-state index in [1.807, 2.05) is 6.07 Å². The number of pyridine rings is 1. The summed E-state index contributed by atoms with van der Waals surface area (Å²) in [7, 11) is 0. The molecule has 0 radical (unpaired) electrons. The monoisotopic (exact) mass is 564 g/mol. The normalized spacial score (nSPS) is 18.0. The minimum atomic E-state index is -3.34. The average Bonchev–Trinajstić information content (AvgIpc) is 3.30. The zero-order chi connectivity index (χ0) is 28.1. The molecule has 1 saturated heterocycles. The van der Waals surface area contributed by atoms with Gasteiger partial charge < -0.3 is 15.1 Å². The van der Waals surface area contributed by atoms with Crippen LogP contribution in [0, 0.1) is 0 Å². The molecule has 3 aromatic rings. The van der Waals surface area contributed by atoms with E-state index >= 15 is 8.78 Å². The molecule has 3 heterocycles.